The van der Waals surface area contributed by atoms with Crippen molar-refractivity contribution >= 4 is 17.4 Å². The lowest BCUT2D eigenvalue weighted by atomic mass is 10.2. The first-order valence-corrected chi connectivity index (χ1v) is 6.04. The molecule has 1 saturated carbocycles. The maximum Gasteiger partial charge on any atom is 0.350 e. The molecule has 5 nitrogen and oxygen atoms in total. The summed E-state index contributed by atoms with van der Waals surface area (Å²) in [6.45, 7) is 0. The van der Waals surface area contributed by atoms with Gasteiger partial charge in [-0.25, -0.2) is 9.78 Å². The number of hydrogen-bond donors (Lipinski definition) is 1. The standard InChI is InChI=1S/C9H10N4OS/c1-15-8-11-7-6(5-2-3-5)4-10-13(7)9(14)12-8/h4-5H,2-3H2,1H3,(H,11,12,14). The van der Waals surface area contributed by atoms with Gasteiger partial charge in [-0.15, -0.1) is 0 Å². The van der Waals surface area contributed by atoms with Gasteiger partial charge in [0.1, 0.15) is 0 Å². The number of rotatable bonds is 2. The summed E-state index contributed by atoms with van der Waals surface area (Å²) in [5, 5.41) is 4.70. The van der Waals surface area contributed by atoms with E-state index in [0.717, 1.165) is 5.56 Å². The summed E-state index contributed by atoms with van der Waals surface area (Å²) in [4.78, 5) is 18.7. The predicted octanol–water partition coefficient (Wildman–Crippen LogP) is 1.02. The fourth-order valence-corrected chi connectivity index (χ4v) is 2.03. The third-order valence-electron chi connectivity index (χ3n) is 2.60. The lowest BCUT2D eigenvalue weighted by Crippen LogP contribution is -2.19. The Bertz CT molecular complexity index is 569. The van der Waals surface area contributed by atoms with Gasteiger partial charge in [-0.05, 0) is 25.0 Å². The zero-order valence-electron chi connectivity index (χ0n) is 8.23. The summed E-state index contributed by atoms with van der Waals surface area (Å²) < 4.78 is 1.34. The molecule has 15 heavy (non-hydrogen) atoms. The first-order valence-electron chi connectivity index (χ1n) is 4.81. The molecule has 3 rings (SSSR count). The number of thioether (sulfide) groups is 1. The van der Waals surface area contributed by atoms with E-state index in [-0.39, 0.29) is 5.69 Å². The van der Waals surface area contributed by atoms with Crippen molar-refractivity contribution in [2.24, 2.45) is 0 Å². The van der Waals surface area contributed by atoms with Gasteiger partial charge in [0.05, 0.1) is 6.20 Å². The fraction of sp³-hybridized carbons (Fsp3) is 0.444. The number of fused-ring (bicyclic) bond motifs is 1. The van der Waals surface area contributed by atoms with Crippen LogP contribution in [0.5, 0.6) is 0 Å². The summed E-state index contributed by atoms with van der Waals surface area (Å²) in [5.74, 6) is 0.562. The molecule has 0 bridgehead atoms. The molecule has 0 radical (unpaired) electrons. The molecular weight excluding hydrogens is 212 g/mol. The van der Waals surface area contributed by atoms with E-state index in [0.29, 0.717) is 16.7 Å². The van der Waals surface area contributed by atoms with Crippen LogP contribution in [0.15, 0.2) is 16.1 Å². The maximum atomic E-state index is 11.6. The molecule has 6 heteroatoms. The second-order valence-corrected chi connectivity index (χ2v) is 4.46. The van der Waals surface area contributed by atoms with Crippen LogP contribution >= 0.6 is 11.8 Å². The molecule has 0 saturated heterocycles. The number of aromatic nitrogens is 4. The molecule has 1 aliphatic rings. The van der Waals surface area contributed by atoms with Crippen molar-refractivity contribution in [1.82, 2.24) is 19.6 Å². The Balaban J connectivity index is 2.31. The monoisotopic (exact) mass is 222 g/mol. The highest BCUT2D eigenvalue weighted by Gasteiger charge is 2.28. The van der Waals surface area contributed by atoms with Crippen LogP contribution in [0, 0.1) is 0 Å². The van der Waals surface area contributed by atoms with E-state index in [1.165, 1.54) is 29.1 Å². The zero-order chi connectivity index (χ0) is 10.4. The Morgan fingerprint density at radius 1 is 1.60 bits per heavy atom. The van der Waals surface area contributed by atoms with Crippen LogP contribution in [0.2, 0.25) is 0 Å². The minimum atomic E-state index is -0.212. The van der Waals surface area contributed by atoms with Crippen LogP contribution in [-0.4, -0.2) is 25.8 Å². The molecule has 1 aliphatic carbocycles. The highest BCUT2D eigenvalue weighted by molar-refractivity contribution is 7.98. The number of hydrogen-bond acceptors (Lipinski definition) is 4. The lowest BCUT2D eigenvalue weighted by molar-refractivity contribution is 0.786. The highest BCUT2D eigenvalue weighted by Crippen LogP contribution is 2.41. The molecule has 1 N–H and O–H groups in total. The van der Waals surface area contributed by atoms with Crippen molar-refractivity contribution in [3.8, 4) is 0 Å². The van der Waals surface area contributed by atoms with Crippen molar-refractivity contribution in [2.45, 2.75) is 23.9 Å². The number of nitrogens with zero attached hydrogens (tertiary/aromatic N) is 3. The fourth-order valence-electron chi connectivity index (χ4n) is 1.66. The Labute approximate surface area is 89.9 Å². The molecule has 1 fully saturated rings. The third-order valence-corrected chi connectivity index (χ3v) is 3.18. The van der Waals surface area contributed by atoms with E-state index in [2.05, 4.69) is 15.1 Å². The van der Waals surface area contributed by atoms with Gasteiger partial charge in [-0.1, -0.05) is 11.8 Å². The number of nitrogens with one attached hydrogen (secondary N) is 1. The molecule has 2 aromatic rings. The number of H-pyrrole nitrogens is 1. The van der Waals surface area contributed by atoms with Crippen molar-refractivity contribution in [3.05, 3.63) is 22.2 Å². The van der Waals surface area contributed by atoms with E-state index in [1.807, 2.05) is 6.26 Å². The van der Waals surface area contributed by atoms with Gasteiger partial charge in [-0.3, -0.25) is 4.98 Å². The van der Waals surface area contributed by atoms with Crippen LogP contribution in [0.3, 0.4) is 0 Å². The minimum absolute atomic E-state index is 0.212. The zero-order valence-corrected chi connectivity index (χ0v) is 9.04. The Morgan fingerprint density at radius 2 is 2.40 bits per heavy atom. The second-order valence-electron chi connectivity index (χ2n) is 3.66. The highest BCUT2D eigenvalue weighted by atomic mass is 32.2. The largest absolute Gasteiger partial charge is 0.350 e. The van der Waals surface area contributed by atoms with Crippen molar-refractivity contribution in [2.75, 3.05) is 6.26 Å². The first-order chi connectivity index (χ1) is 7.29. The average molecular weight is 222 g/mol. The van der Waals surface area contributed by atoms with E-state index in [4.69, 9.17) is 0 Å². The van der Waals surface area contributed by atoms with Crippen molar-refractivity contribution < 1.29 is 0 Å². The van der Waals surface area contributed by atoms with Gasteiger partial charge >= 0.3 is 5.69 Å². The van der Waals surface area contributed by atoms with Crippen LogP contribution in [0.4, 0.5) is 0 Å². The second kappa shape index (κ2) is 3.10. The van der Waals surface area contributed by atoms with Gasteiger partial charge < -0.3 is 0 Å². The normalized spacial score (nSPS) is 16.1. The first kappa shape index (κ1) is 8.96. The molecule has 0 amide bonds. The average Bonchev–Trinajstić information content (AvgIpc) is 2.99. The van der Waals surface area contributed by atoms with Gasteiger partial charge in [0.15, 0.2) is 10.8 Å². The molecule has 2 heterocycles. The van der Waals surface area contributed by atoms with Crippen molar-refractivity contribution in [1.29, 1.82) is 0 Å². The van der Waals surface area contributed by atoms with Crippen LogP contribution in [0.1, 0.15) is 24.3 Å². The molecular formula is C9H10N4OS. The Kier molecular flexibility index (Phi) is 1.85. The van der Waals surface area contributed by atoms with Crippen molar-refractivity contribution in [3.63, 3.8) is 0 Å². The molecule has 0 spiro atoms. The van der Waals surface area contributed by atoms with Gasteiger partial charge in [-0.2, -0.15) is 9.61 Å². The van der Waals surface area contributed by atoms with E-state index < -0.39 is 0 Å². The van der Waals surface area contributed by atoms with Crippen LogP contribution in [0.25, 0.3) is 5.65 Å². The number of aromatic amines is 1. The van der Waals surface area contributed by atoms with Crippen LogP contribution in [-0.2, 0) is 0 Å². The molecule has 78 valence electrons. The van der Waals surface area contributed by atoms with E-state index >= 15 is 0 Å². The van der Waals surface area contributed by atoms with Gasteiger partial charge in [0.2, 0.25) is 0 Å². The third kappa shape index (κ3) is 1.36. The van der Waals surface area contributed by atoms with E-state index in [1.54, 1.807) is 6.20 Å². The predicted molar refractivity (Wildman–Crippen MR) is 57.4 cm³/mol. The summed E-state index contributed by atoms with van der Waals surface area (Å²) >= 11 is 1.43. The Morgan fingerprint density at radius 3 is 3.07 bits per heavy atom. The molecule has 0 aromatic carbocycles. The SMILES string of the molecule is CSc1nc2c(C3CC3)cnn2c(=O)[nH]1. The van der Waals surface area contributed by atoms with Crippen LogP contribution < -0.4 is 5.69 Å². The topological polar surface area (TPSA) is 63.1 Å². The van der Waals surface area contributed by atoms with E-state index in [9.17, 15) is 4.79 Å². The lowest BCUT2D eigenvalue weighted by Gasteiger charge is -1.98. The molecule has 0 unspecified atom stereocenters. The minimum Gasteiger partial charge on any atom is -0.285 e. The Hall–Kier alpha value is -1.30. The molecule has 0 aliphatic heterocycles. The molecule has 0 atom stereocenters. The summed E-state index contributed by atoms with van der Waals surface area (Å²) in [6, 6.07) is 0. The maximum absolute atomic E-state index is 11.6. The van der Waals surface area contributed by atoms with Gasteiger partial charge in [0.25, 0.3) is 0 Å². The molecule has 2 aromatic heterocycles. The summed E-state index contributed by atoms with van der Waals surface area (Å²) in [7, 11) is 0. The summed E-state index contributed by atoms with van der Waals surface area (Å²) in [6.07, 6.45) is 6.02. The summed E-state index contributed by atoms with van der Waals surface area (Å²) in [5.41, 5.74) is 1.61. The van der Waals surface area contributed by atoms with Gasteiger partial charge in [0, 0.05) is 5.56 Å². The quantitative estimate of drug-likeness (QED) is 0.770. The smallest absolute Gasteiger partial charge is 0.285 e.